The van der Waals surface area contributed by atoms with Gasteiger partial charge in [-0.15, -0.1) is 0 Å². The fourth-order valence-corrected chi connectivity index (χ4v) is 5.16. The fraction of sp³-hybridized carbons (Fsp3) is 0.824. The van der Waals surface area contributed by atoms with Gasteiger partial charge in [0.05, 0.1) is 13.0 Å². The van der Waals surface area contributed by atoms with Crippen molar-refractivity contribution in [2.45, 2.75) is 162 Å². The molecule has 0 aliphatic carbocycles. The Labute approximate surface area is 280 Å². The van der Waals surface area contributed by atoms with Gasteiger partial charge >= 0.3 is 11.9 Å². The van der Waals surface area contributed by atoms with Crippen LogP contribution in [-0.4, -0.2) is 81.7 Å². The van der Waals surface area contributed by atoms with Crippen LogP contribution in [0.25, 0.3) is 0 Å². The Bertz CT molecular complexity index is 958. The number of amides is 4. The molecule has 7 N–H and O–H groups in total. The standard InChI is InChI=1S/C34H62N4O9/c1-6-7-8-9-10-11-12-13-14-15-16-17-18-19-28(40)35-25(20-23(2)3)31(43)37-27(22-39)32(44)38-30(24(4)5)33(45)36-26(34(46)47)21-29(41)42/h23-27,30,39H,6-22H2,1-5H3,(H,35,40)(H,36,45)(H,37,43)(H,38,44)(H,41,42)(H,46,47). The number of nitrogens with one attached hydrogen (secondary N) is 4. The lowest BCUT2D eigenvalue weighted by atomic mass is 10.0. The number of aliphatic carboxylic acids is 2. The Morgan fingerprint density at radius 3 is 1.47 bits per heavy atom. The molecule has 13 heteroatoms. The number of aliphatic hydroxyl groups is 1. The van der Waals surface area contributed by atoms with Gasteiger partial charge in [-0.05, 0) is 24.7 Å². The zero-order valence-corrected chi connectivity index (χ0v) is 29.3. The van der Waals surface area contributed by atoms with E-state index in [2.05, 4.69) is 28.2 Å². The maximum absolute atomic E-state index is 13.1. The van der Waals surface area contributed by atoms with E-state index in [0.717, 1.165) is 19.3 Å². The Morgan fingerprint density at radius 1 is 0.574 bits per heavy atom. The molecular formula is C34H62N4O9. The number of carbonyl (C=O) groups excluding carboxylic acids is 4. The lowest BCUT2D eigenvalue weighted by Gasteiger charge is -2.27. The third-order valence-electron chi connectivity index (χ3n) is 7.92. The Hall–Kier alpha value is -3.22. The Morgan fingerprint density at radius 2 is 1.04 bits per heavy atom. The van der Waals surface area contributed by atoms with E-state index in [-0.39, 0.29) is 18.2 Å². The molecule has 0 aromatic carbocycles. The summed E-state index contributed by atoms with van der Waals surface area (Å²) in [4.78, 5) is 73.9. The lowest BCUT2D eigenvalue weighted by Crippen LogP contribution is -2.60. The third-order valence-corrected chi connectivity index (χ3v) is 7.92. The summed E-state index contributed by atoms with van der Waals surface area (Å²) in [6.45, 7) is 8.35. The van der Waals surface area contributed by atoms with Crippen LogP contribution in [0.5, 0.6) is 0 Å². The van der Waals surface area contributed by atoms with Gasteiger partial charge in [0, 0.05) is 6.42 Å². The average molecular weight is 671 g/mol. The smallest absolute Gasteiger partial charge is 0.326 e. The van der Waals surface area contributed by atoms with E-state index in [4.69, 9.17) is 5.11 Å². The number of carbonyl (C=O) groups is 6. The molecule has 0 bridgehead atoms. The summed E-state index contributed by atoms with van der Waals surface area (Å²) in [5.41, 5.74) is 0. The van der Waals surface area contributed by atoms with Crippen molar-refractivity contribution >= 4 is 35.6 Å². The van der Waals surface area contributed by atoms with Crippen molar-refractivity contribution < 1.29 is 44.1 Å². The van der Waals surface area contributed by atoms with Gasteiger partial charge in [0.25, 0.3) is 0 Å². The molecular weight excluding hydrogens is 608 g/mol. The van der Waals surface area contributed by atoms with E-state index in [0.29, 0.717) is 12.8 Å². The second-order valence-corrected chi connectivity index (χ2v) is 13.2. The molecule has 4 amide bonds. The number of aliphatic hydroxyl groups excluding tert-OH is 1. The highest BCUT2D eigenvalue weighted by atomic mass is 16.4. The molecule has 0 aromatic heterocycles. The normalized spacial score (nSPS) is 13.8. The van der Waals surface area contributed by atoms with Gasteiger partial charge < -0.3 is 36.6 Å². The van der Waals surface area contributed by atoms with Gasteiger partial charge in [0.1, 0.15) is 24.2 Å². The van der Waals surface area contributed by atoms with Crippen molar-refractivity contribution in [3.63, 3.8) is 0 Å². The number of carboxylic acid groups (broad SMARTS) is 2. The Balaban J connectivity index is 4.87. The van der Waals surface area contributed by atoms with Gasteiger partial charge in [-0.2, -0.15) is 0 Å². The topological polar surface area (TPSA) is 211 Å². The molecule has 0 saturated heterocycles. The van der Waals surface area contributed by atoms with Crippen LogP contribution in [0.15, 0.2) is 0 Å². The van der Waals surface area contributed by atoms with Crippen LogP contribution in [-0.2, 0) is 28.8 Å². The van der Waals surface area contributed by atoms with E-state index >= 15 is 0 Å². The van der Waals surface area contributed by atoms with Crippen molar-refractivity contribution in [2.24, 2.45) is 11.8 Å². The van der Waals surface area contributed by atoms with Crippen LogP contribution in [0.3, 0.4) is 0 Å². The number of hydrogen-bond donors (Lipinski definition) is 7. The van der Waals surface area contributed by atoms with Crippen LogP contribution in [0, 0.1) is 11.8 Å². The second-order valence-electron chi connectivity index (χ2n) is 13.2. The molecule has 0 aromatic rings. The van der Waals surface area contributed by atoms with Gasteiger partial charge in [-0.3, -0.25) is 24.0 Å². The minimum Gasteiger partial charge on any atom is -0.481 e. The minimum atomic E-state index is -1.72. The summed E-state index contributed by atoms with van der Waals surface area (Å²) >= 11 is 0. The molecule has 0 radical (unpaired) electrons. The number of carboxylic acids is 2. The minimum absolute atomic E-state index is 0.0331. The largest absolute Gasteiger partial charge is 0.481 e. The second kappa shape index (κ2) is 25.8. The third kappa shape index (κ3) is 21.3. The summed E-state index contributed by atoms with van der Waals surface area (Å²) in [5, 5.41) is 37.8. The first kappa shape index (κ1) is 43.8. The summed E-state index contributed by atoms with van der Waals surface area (Å²) in [6.07, 6.45) is 15.2. The van der Waals surface area contributed by atoms with Crippen LogP contribution in [0.4, 0.5) is 0 Å². The first-order valence-corrected chi connectivity index (χ1v) is 17.5. The first-order valence-electron chi connectivity index (χ1n) is 17.5. The van der Waals surface area contributed by atoms with E-state index in [1.54, 1.807) is 13.8 Å². The van der Waals surface area contributed by atoms with E-state index in [1.807, 2.05) is 13.8 Å². The zero-order valence-electron chi connectivity index (χ0n) is 29.3. The van der Waals surface area contributed by atoms with Crippen molar-refractivity contribution in [2.75, 3.05) is 6.61 Å². The fourth-order valence-electron chi connectivity index (χ4n) is 5.16. The summed E-state index contributed by atoms with van der Waals surface area (Å²) in [7, 11) is 0. The van der Waals surface area contributed by atoms with Gasteiger partial charge in [0.2, 0.25) is 23.6 Å². The number of unbranched alkanes of at least 4 members (excludes halogenated alkanes) is 12. The van der Waals surface area contributed by atoms with Crippen LogP contribution < -0.4 is 21.3 Å². The van der Waals surface area contributed by atoms with Gasteiger partial charge in [0.15, 0.2) is 0 Å². The lowest BCUT2D eigenvalue weighted by molar-refractivity contribution is -0.147. The first-order chi connectivity index (χ1) is 22.2. The average Bonchev–Trinajstić information content (AvgIpc) is 2.99. The molecule has 0 fully saturated rings. The molecule has 4 unspecified atom stereocenters. The van der Waals surface area contributed by atoms with Crippen LogP contribution >= 0.6 is 0 Å². The molecule has 0 saturated carbocycles. The Kier molecular flexibility index (Phi) is 24.0. The van der Waals surface area contributed by atoms with E-state index in [1.165, 1.54) is 57.8 Å². The van der Waals surface area contributed by atoms with Crippen molar-refractivity contribution in [3.8, 4) is 0 Å². The predicted octanol–water partition coefficient (Wildman–Crippen LogP) is 3.66. The summed E-state index contributed by atoms with van der Waals surface area (Å²) in [6, 6.07) is -5.40. The molecule has 0 aliphatic heterocycles. The molecule has 4 atom stereocenters. The van der Waals surface area contributed by atoms with Crippen molar-refractivity contribution in [1.29, 1.82) is 0 Å². The van der Waals surface area contributed by atoms with Crippen molar-refractivity contribution in [3.05, 3.63) is 0 Å². The maximum atomic E-state index is 13.1. The molecule has 0 aliphatic rings. The van der Waals surface area contributed by atoms with Crippen LogP contribution in [0.1, 0.15) is 137 Å². The monoisotopic (exact) mass is 670 g/mol. The maximum Gasteiger partial charge on any atom is 0.326 e. The van der Waals surface area contributed by atoms with Gasteiger partial charge in [-0.25, -0.2) is 4.79 Å². The highest BCUT2D eigenvalue weighted by Crippen LogP contribution is 2.13. The summed E-state index contributed by atoms with van der Waals surface area (Å²) in [5.74, 6) is -6.27. The van der Waals surface area contributed by atoms with E-state index < -0.39 is 72.8 Å². The van der Waals surface area contributed by atoms with Crippen molar-refractivity contribution in [1.82, 2.24) is 21.3 Å². The molecule has 272 valence electrons. The number of hydrogen-bond acceptors (Lipinski definition) is 7. The summed E-state index contributed by atoms with van der Waals surface area (Å²) < 4.78 is 0. The van der Waals surface area contributed by atoms with Crippen LogP contribution in [0.2, 0.25) is 0 Å². The van der Waals surface area contributed by atoms with E-state index in [9.17, 15) is 39.0 Å². The highest BCUT2D eigenvalue weighted by Gasteiger charge is 2.33. The SMILES string of the molecule is CCCCCCCCCCCCCCCC(=O)NC(CC(C)C)C(=O)NC(CO)C(=O)NC(C(=O)NC(CC(=O)O)C(=O)O)C(C)C. The molecule has 0 heterocycles. The molecule has 13 nitrogen and oxygen atoms in total. The molecule has 0 spiro atoms. The zero-order chi connectivity index (χ0) is 35.8. The quantitative estimate of drug-likeness (QED) is 0.0605. The number of rotatable bonds is 28. The predicted molar refractivity (Wildman–Crippen MR) is 179 cm³/mol. The van der Waals surface area contributed by atoms with Gasteiger partial charge in [-0.1, -0.05) is 112 Å². The molecule has 0 rings (SSSR count). The molecule has 47 heavy (non-hydrogen) atoms. The highest BCUT2D eigenvalue weighted by molar-refractivity contribution is 5.95.